The minimum Gasteiger partial charge on any atom is -0.409 e. The highest BCUT2D eigenvalue weighted by Crippen LogP contribution is 2.08. The molecule has 0 aliphatic heterocycles. The lowest BCUT2D eigenvalue weighted by atomic mass is 10.1. The van der Waals surface area contributed by atoms with Gasteiger partial charge in [-0.1, -0.05) is 35.5 Å². The number of rotatable bonds is 2. The van der Waals surface area contributed by atoms with Gasteiger partial charge in [-0.25, -0.2) is 0 Å². The van der Waals surface area contributed by atoms with E-state index in [1.807, 2.05) is 24.3 Å². The second-order valence-corrected chi connectivity index (χ2v) is 2.58. The van der Waals surface area contributed by atoms with Crippen LogP contribution in [0.25, 0.3) is 0 Å². The maximum atomic E-state index is 8.33. The number of amidine groups is 1. The summed E-state index contributed by atoms with van der Waals surface area (Å²) in [7, 11) is 0. The average molecular weight is 164 g/mol. The number of oxime groups is 1. The molecule has 0 aromatic rings. The Kier molecular flexibility index (Phi) is 3.14. The highest BCUT2D eigenvalue weighted by atomic mass is 16.4. The van der Waals surface area contributed by atoms with Gasteiger partial charge in [0.1, 0.15) is 5.84 Å². The maximum absolute atomic E-state index is 8.33. The van der Waals surface area contributed by atoms with Crippen molar-refractivity contribution in [3.05, 3.63) is 36.0 Å². The van der Waals surface area contributed by atoms with Crippen molar-refractivity contribution in [3.63, 3.8) is 0 Å². The van der Waals surface area contributed by atoms with E-state index in [2.05, 4.69) is 11.2 Å². The molecule has 3 heteroatoms. The topological polar surface area (TPSA) is 58.6 Å². The quantitative estimate of drug-likeness (QED) is 0.281. The molecule has 0 fully saturated rings. The lowest BCUT2D eigenvalue weighted by Gasteiger charge is -1.97. The third-order valence-corrected chi connectivity index (χ3v) is 1.56. The third-order valence-electron chi connectivity index (χ3n) is 1.56. The van der Waals surface area contributed by atoms with Crippen molar-refractivity contribution < 1.29 is 5.21 Å². The number of hydrogen-bond acceptors (Lipinski definition) is 2. The summed E-state index contributed by atoms with van der Waals surface area (Å²) in [5.41, 5.74) is 6.41. The van der Waals surface area contributed by atoms with Crippen molar-refractivity contribution in [1.29, 1.82) is 0 Å². The SMILES string of the molecule is NC(CC1=CC=CCC=C1)=NO. The van der Waals surface area contributed by atoms with Gasteiger partial charge in [0.15, 0.2) is 0 Å². The van der Waals surface area contributed by atoms with Gasteiger partial charge < -0.3 is 10.9 Å². The second-order valence-electron chi connectivity index (χ2n) is 2.58. The Morgan fingerprint density at radius 2 is 2.42 bits per heavy atom. The molecule has 0 aromatic carbocycles. The molecule has 0 radical (unpaired) electrons. The summed E-state index contributed by atoms with van der Waals surface area (Å²) in [6.07, 6.45) is 11.4. The summed E-state index contributed by atoms with van der Waals surface area (Å²) in [6.45, 7) is 0. The lowest BCUT2D eigenvalue weighted by Crippen LogP contribution is -2.11. The van der Waals surface area contributed by atoms with E-state index >= 15 is 0 Å². The highest BCUT2D eigenvalue weighted by Gasteiger charge is 1.97. The van der Waals surface area contributed by atoms with E-state index in [0.717, 1.165) is 12.0 Å². The third kappa shape index (κ3) is 2.62. The van der Waals surface area contributed by atoms with Crippen molar-refractivity contribution in [2.45, 2.75) is 12.8 Å². The van der Waals surface area contributed by atoms with Crippen LogP contribution in [-0.4, -0.2) is 11.0 Å². The molecule has 1 aliphatic rings. The first-order valence-electron chi connectivity index (χ1n) is 3.81. The average Bonchev–Trinajstić information content (AvgIpc) is 2.33. The Morgan fingerprint density at radius 3 is 3.17 bits per heavy atom. The van der Waals surface area contributed by atoms with E-state index in [1.54, 1.807) is 0 Å². The predicted octanol–water partition coefficient (Wildman–Crippen LogP) is 1.57. The summed E-state index contributed by atoms with van der Waals surface area (Å²) in [5, 5.41) is 11.2. The van der Waals surface area contributed by atoms with Gasteiger partial charge in [0.05, 0.1) is 0 Å². The molecule has 0 bridgehead atoms. The van der Waals surface area contributed by atoms with E-state index in [-0.39, 0.29) is 5.84 Å². The zero-order chi connectivity index (χ0) is 8.81. The molecule has 1 aliphatic carbocycles. The fourth-order valence-electron chi connectivity index (χ4n) is 0.986. The van der Waals surface area contributed by atoms with Crippen LogP contribution in [0.2, 0.25) is 0 Å². The van der Waals surface area contributed by atoms with Crippen LogP contribution in [0.1, 0.15) is 12.8 Å². The van der Waals surface area contributed by atoms with Gasteiger partial charge in [-0.2, -0.15) is 0 Å². The minimum absolute atomic E-state index is 0.237. The van der Waals surface area contributed by atoms with Crippen LogP contribution in [0.15, 0.2) is 41.1 Å². The standard InChI is InChI=1S/C9H12N2O/c10-9(11-12)7-8-5-3-1-2-4-6-8/h1,3-6,12H,2,7H2,(H2,10,11). The summed E-state index contributed by atoms with van der Waals surface area (Å²) in [4.78, 5) is 0. The Bertz CT molecular complexity index is 262. The van der Waals surface area contributed by atoms with Gasteiger partial charge in [-0.15, -0.1) is 0 Å². The molecule has 64 valence electrons. The zero-order valence-corrected chi connectivity index (χ0v) is 6.77. The van der Waals surface area contributed by atoms with E-state index in [1.165, 1.54) is 0 Å². The van der Waals surface area contributed by atoms with Crippen molar-refractivity contribution >= 4 is 5.84 Å². The predicted molar refractivity (Wildman–Crippen MR) is 49.0 cm³/mol. The van der Waals surface area contributed by atoms with Crippen molar-refractivity contribution in [2.75, 3.05) is 0 Å². The molecule has 0 unspecified atom stereocenters. The Morgan fingerprint density at radius 1 is 1.58 bits per heavy atom. The number of nitrogens with two attached hydrogens (primary N) is 1. The first-order valence-corrected chi connectivity index (χ1v) is 3.81. The Labute approximate surface area is 71.6 Å². The highest BCUT2D eigenvalue weighted by molar-refractivity contribution is 5.82. The largest absolute Gasteiger partial charge is 0.409 e. The van der Waals surface area contributed by atoms with Crippen LogP contribution in [0.5, 0.6) is 0 Å². The number of allylic oxidation sites excluding steroid dienone is 5. The van der Waals surface area contributed by atoms with Gasteiger partial charge in [0, 0.05) is 6.42 Å². The van der Waals surface area contributed by atoms with Gasteiger partial charge in [0.2, 0.25) is 0 Å². The molecule has 0 aromatic heterocycles. The first kappa shape index (κ1) is 8.59. The molecule has 0 heterocycles. The van der Waals surface area contributed by atoms with Crippen LogP contribution in [0.4, 0.5) is 0 Å². The van der Waals surface area contributed by atoms with Crippen molar-refractivity contribution in [1.82, 2.24) is 0 Å². The summed E-state index contributed by atoms with van der Waals surface area (Å²) < 4.78 is 0. The van der Waals surface area contributed by atoms with Crippen molar-refractivity contribution in [3.8, 4) is 0 Å². The molecule has 0 amide bonds. The van der Waals surface area contributed by atoms with E-state index in [0.29, 0.717) is 6.42 Å². The molecular formula is C9H12N2O. The normalized spacial score (nSPS) is 17.3. The Hall–Kier alpha value is -1.51. The van der Waals surface area contributed by atoms with Gasteiger partial charge in [0.25, 0.3) is 0 Å². The smallest absolute Gasteiger partial charge is 0.143 e. The fourth-order valence-corrected chi connectivity index (χ4v) is 0.986. The molecule has 1 rings (SSSR count). The van der Waals surface area contributed by atoms with Crippen LogP contribution in [-0.2, 0) is 0 Å². The maximum Gasteiger partial charge on any atom is 0.143 e. The van der Waals surface area contributed by atoms with Gasteiger partial charge in [-0.05, 0) is 12.0 Å². The van der Waals surface area contributed by atoms with Gasteiger partial charge >= 0.3 is 0 Å². The van der Waals surface area contributed by atoms with E-state index < -0.39 is 0 Å². The lowest BCUT2D eigenvalue weighted by molar-refractivity contribution is 0.317. The minimum atomic E-state index is 0.237. The summed E-state index contributed by atoms with van der Waals surface area (Å²) in [5.74, 6) is 0.237. The molecule has 0 spiro atoms. The van der Waals surface area contributed by atoms with Crippen LogP contribution in [0, 0.1) is 0 Å². The zero-order valence-electron chi connectivity index (χ0n) is 6.77. The molecule has 0 saturated heterocycles. The molecule has 12 heavy (non-hydrogen) atoms. The van der Waals surface area contributed by atoms with Crippen LogP contribution < -0.4 is 5.73 Å². The molecule has 3 N–H and O–H groups in total. The summed E-state index contributed by atoms with van der Waals surface area (Å²) in [6, 6.07) is 0. The second kappa shape index (κ2) is 4.38. The number of hydrogen-bond donors (Lipinski definition) is 2. The molecule has 0 saturated carbocycles. The molecule has 3 nitrogen and oxygen atoms in total. The fraction of sp³-hybridized carbons (Fsp3) is 0.222. The van der Waals surface area contributed by atoms with Crippen molar-refractivity contribution in [2.24, 2.45) is 10.9 Å². The van der Waals surface area contributed by atoms with Gasteiger partial charge in [-0.3, -0.25) is 0 Å². The number of nitrogens with zero attached hydrogens (tertiary/aromatic N) is 1. The Balaban J connectivity index is 2.62. The molecule has 0 atom stereocenters. The summed E-state index contributed by atoms with van der Waals surface area (Å²) >= 11 is 0. The molecular weight excluding hydrogens is 152 g/mol. The first-order chi connectivity index (χ1) is 5.83. The monoisotopic (exact) mass is 164 g/mol. The van der Waals surface area contributed by atoms with E-state index in [4.69, 9.17) is 10.9 Å². The van der Waals surface area contributed by atoms with Crippen LogP contribution in [0.3, 0.4) is 0 Å². The van der Waals surface area contributed by atoms with E-state index in [9.17, 15) is 0 Å². The van der Waals surface area contributed by atoms with Crippen LogP contribution >= 0.6 is 0 Å².